The lowest BCUT2D eigenvalue weighted by Crippen LogP contribution is -2.32. The molecule has 0 heterocycles. The number of benzene rings is 1. The first kappa shape index (κ1) is 13.6. The fraction of sp³-hybridized carbons (Fsp3) is 0.538. The Labute approximate surface area is 121 Å². The molecule has 98 valence electrons. The van der Waals surface area contributed by atoms with Crippen molar-refractivity contribution >= 4 is 34.0 Å². The zero-order valence-corrected chi connectivity index (χ0v) is 12.8. The van der Waals surface area contributed by atoms with Crippen molar-refractivity contribution in [2.24, 2.45) is 5.92 Å². The zero-order chi connectivity index (χ0) is 13.3. The third-order valence-electron chi connectivity index (χ3n) is 3.23. The van der Waals surface area contributed by atoms with Crippen LogP contribution in [0.2, 0.25) is 0 Å². The highest BCUT2D eigenvalue weighted by atomic mass is 127. The van der Waals surface area contributed by atoms with Gasteiger partial charge in [0.25, 0.3) is 5.69 Å². The van der Waals surface area contributed by atoms with Crippen molar-refractivity contribution in [1.29, 1.82) is 0 Å². The number of hydrogen-bond donors (Lipinski definition) is 0. The van der Waals surface area contributed by atoms with Crippen LogP contribution in [0.5, 0.6) is 0 Å². The molecular weight excluding hydrogens is 343 g/mol. The van der Waals surface area contributed by atoms with E-state index in [2.05, 4.69) is 18.7 Å². The molecule has 0 unspecified atom stereocenters. The number of nitrogens with zero attached hydrogens (tertiary/aromatic N) is 2. The van der Waals surface area contributed by atoms with Gasteiger partial charge in [0.2, 0.25) is 0 Å². The van der Waals surface area contributed by atoms with Gasteiger partial charge in [0, 0.05) is 24.3 Å². The molecule has 1 saturated carbocycles. The Hall–Kier alpha value is -0.850. The molecule has 0 radical (unpaired) electrons. The molecule has 18 heavy (non-hydrogen) atoms. The molecule has 0 aliphatic heterocycles. The second-order valence-electron chi connectivity index (χ2n) is 5.08. The van der Waals surface area contributed by atoms with Crippen molar-refractivity contribution in [2.45, 2.75) is 32.7 Å². The van der Waals surface area contributed by atoms with Crippen molar-refractivity contribution in [3.8, 4) is 0 Å². The summed E-state index contributed by atoms with van der Waals surface area (Å²) in [5.41, 5.74) is 1.28. The minimum atomic E-state index is -0.327. The lowest BCUT2D eigenvalue weighted by Gasteiger charge is -2.29. The van der Waals surface area contributed by atoms with Gasteiger partial charge in [-0.25, -0.2) is 0 Å². The van der Waals surface area contributed by atoms with Crippen LogP contribution in [0, 0.1) is 19.6 Å². The molecular formula is C13H17IN2O2. The Morgan fingerprint density at radius 3 is 2.61 bits per heavy atom. The van der Waals surface area contributed by atoms with E-state index in [1.165, 1.54) is 12.8 Å². The lowest BCUT2D eigenvalue weighted by molar-refractivity contribution is -0.385. The molecule has 0 atom stereocenters. The largest absolute Gasteiger partial charge is 0.369 e. The summed E-state index contributed by atoms with van der Waals surface area (Å²) in [6.07, 6.45) is 2.63. The second-order valence-corrected chi connectivity index (χ2v) is 6.24. The van der Waals surface area contributed by atoms with E-state index in [0.717, 1.165) is 18.2 Å². The van der Waals surface area contributed by atoms with E-state index in [-0.39, 0.29) is 10.6 Å². The molecule has 1 aromatic rings. The average molecular weight is 360 g/mol. The molecule has 0 aromatic heterocycles. The molecule has 0 N–H and O–H groups in total. The van der Waals surface area contributed by atoms with Gasteiger partial charge in [0.15, 0.2) is 0 Å². The summed E-state index contributed by atoms with van der Waals surface area (Å²) in [6.45, 7) is 5.39. The van der Waals surface area contributed by atoms with Gasteiger partial charge in [-0.1, -0.05) is 0 Å². The van der Waals surface area contributed by atoms with E-state index in [0.29, 0.717) is 9.61 Å². The van der Waals surface area contributed by atoms with Crippen molar-refractivity contribution in [2.75, 3.05) is 11.4 Å². The molecule has 4 nitrogen and oxygen atoms in total. The van der Waals surface area contributed by atoms with Gasteiger partial charge in [0.1, 0.15) is 0 Å². The normalized spacial score (nSPS) is 14.9. The molecule has 5 heteroatoms. The molecule has 1 aromatic carbocycles. The Balaban J connectivity index is 2.24. The zero-order valence-electron chi connectivity index (χ0n) is 10.6. The van der Waals surface area contributed by atoms with Crippen LogP contribution >= 0.6 is 22.6 Å². The van der Waals surface area contributed by atoms with E-state index in [1.807, 2.05) is 34.7 Å². The second kappa shape index (κ2) is 5.42. The van der Waals surface area contributed by atoms with Gasteiger partial charge in [-0.3, -0.25) is 10.1 Å². The minimum absolute atomic E-state index is 0.189. The van der Waals surface area contributed by atoms with Gasteiger partial charge in [-0.15, -0.1) is 0 Å². The Bertz CT molecular complexity index is 458. The first-order valence-corrected chi connectivity index (χ1v) is 7.27. The molecule has 1 fully saturated rings. The maximum Gasteiger partial charge on any atom is 0.282 e. The predicted octanol–water partition coefficient (Wildman–Crippen LogP) is 3.82. The van der Waals surface area contributed by atoms with Crippen LogP contribution in [-0.4, -0.2) is 17.5 Å². The van der Waals surface area contributed by atoms with Crippen LogP contribution in [0.3, 0.4) is 0 Å². The molecule has 0 amide bonds. The highest BCUT2D eigenvalue weighted by Crippen LogP contribution is 2.34. The van der Waals surface area contributed by atoms with Gasteiger partial charge in [-0.2, -0.15) is 0 Å². The minimum Gasteiger partial charge on any atom is -0.369 e. The van der Waals surface area contributed by atoms with Crippen LogP contribution in [0.4, 0.5) is 11.4 Å². The van der Waals surface area contributed by atoms with E-state index in [1.54, 1.807) is 6.07 Å². The van der Waals surface area contributed by atoms with E-state index >= 15 is 0 Å². The summed E-state index contributed by atoms with van der Waals surface area (Å²) in [7, 11) is 0. The summed E-state index contributed by atoms with van der Waals surface area (Å²) in [5.74, 6) is 0.806. The number of anilines is 1. The smallest absolute Gasteiger partial charge is 0.282 e. The number of nitro benzene ring substituents is 1. The summed E-state index contributed by atoms with van der Waals surface area (Å²) >= 11 is 2.04. The van der Waals surface area contributed by atoms with Crippen LogP contribution in [0.25, 0.3) is 0 Å². The first-order chi connectivity index (χ1) is 8.49. The topological polar surface area (TPSA) is 46.4 Å². The fourth-order valence-electron chi connectivity index (χ4n) is 2.02. The summed E-state index contributed by atoms with van der Waals surface area (Å²) < 4.78 is 0.705. The SMILES string of the molecule is CC(C)N(CC1CC1)c1ccc([N+](=O)[O-])c(I)c1. The number of rotatable bonds is 5. The van der Waals surface area contributed by atoms with E-state index < -0.39 is 0 Å². The average Bonchev–Trinajstić information content (AvgIpc) is 3.08. The number of hydrogen-bond acceptors (Lipinski definition) is 3. The van der Waals surface area contributed by atoms with Gasteiger partial charge >= 0.3 is 0 Å². The van der Waals surface area contributed by atoms with Crippen LogP contribution in [-0.2, 0) is 0 Å². The quantitative estimate of drug-likeness (QED) is 0.456. The Morgan fingerprint density at radius 1 is 1.50 bits per heavy atom. The molecule has 0 saturated heterocycles. The highest BCUT2D eigenvalue weighted by Gasteiger charge is 2.26. The standard InChI is InChI=1S/C13H17IN2O2/c1-9(2)15(8-10-3-4-10)11-5-6-13(16(17)18)12(14)7-11/h5-7,9-10H,3-4,8H2,1-2H3. The molecule has 0 bridgehead atoms. The molecule has 1 aliphatic carbocycles. The van der Waals surface area contributed by atoms with Crippen molar-refractivity contribution in [1.82, 2.24) is 0 Å². The molecule has 2 rings (SSSR count). The monoisotopic (exact) mass is 360 g/mol. The summed E-state index contributed by atoms with van der Waals surface area (Å²) in [5, 5.41) is 10.8. The Kier molecular flexibility index (Phi) is 4.09. The lowest BCUT2D eigenvalue weighted by atomic mass is 10.2. The van der Waals surface area contributed by atoms with E-state index in [9.17, 15) is 10.1 Å². The molecule has 0 spiro atoms. The third-order valence-corrected chi connectivity index (χ3v) is 4.10. The predicted molar refractivity (Wildman–Crippen MR) is 81.0 cm³/mol. The maximum absolute atomic E-state index is 10.8. The summed E-state index contributed by atoms with van der Waals surface area (Å²) in [4.78, 5) is 12.8. The van der Waals surface area contributed by atoms with Crippen LogP contribution in [0.1, 0.15) is 26.7 Å². The summed E-state index contributed by atoms with van der Waals surface area (Å²) in [6, 6.07) is 5.81. The van der Waals surface area contributed by atoms with Crippen molar-refractivity contribution in [3.63, 3.8) is 0 Å². The van der Waals surface area contributed by atoms with E-state index in [4.69, 9.17) is 0 Å². The number of halogens is 1. The van der Waals surface area contributed by atoms with Crippen LogP contribution < -0.4 is 4.90 Å². The first-order valence-electron chi connectivity index (χ1n) is 6.19. The molecule has 1 aliphatic rings. The van der Waals surface area contributed by atoms with Gasteiger partial charge < -0.3 is 4.90 Å². The van der Waals surface area contributed by atoms with Crippen molar-refractivity contribution in [3.05, 3.63) is 31.9 Å². The van der Waals surface area contributed by atoms with Gasteiger partial charge in [-0.05, 0) is 67.3 Å². The van der Waals surface area contributed by atoms with Crippen molar-refractivity contribution < 1.29 is 4.92 Å². The highest BCUT2D eigenvalue weighted by molar-refractivity contribution is 14.1. The fourth-order valence-corrected chi connectivity index (χ4v) is 2.71. The number of nitro groups is 1. The Morgan fingerprint density at radius 2 is 2.17 bits per heavy atom. The maximum atomic E-state index is 10.8. The van der Waals surface area contributed by atoms with Crippen LogP contribution in [0.15, 0.2) is 18.2 Å². The van der Waals surface area contributed by atoms with Gasteiger partial charge in [0.05, 0.1) is 8.49 Å². The third kappa shape index (κ3) is 3.13.